The number of nitrogens with zero attached hydrogens (tertiary/aromatic N) is 2. The molecule has 1 aliphatic rings. The van der Waals surface area contributed by atoms with Crippen LogP contribution >= 0.6 is 22.9 Å². The van der Waals surface area contributed by atoms with Gasteiger partial charge in [0.1, 0.15) is 6.54 Å². The number of hydrogen-bond donors (Lipinski definition) is 1. The van der Waals surface area contributed by atoms with Crippen LogP contribution < -0.4 is 5.32 Å². The molecule has 1 saturated heterocycles. The topological polar surface area (TPSA) is 61.9 Å². The van der Waals surface area contributed by atoms with Crippen LogP contribution in [0.4, 0.5) is 10.5 Å². The zero-order chi connectivity index (χ0) is 24.6. The maximum absolute atomic E-state index is 13.6. The molecule has 1 aliphatic heterocycles. The molecule has 8 heteroatoms. The third-order valence-corrected chi connectivity index (χ3v) is 7.25. The van der Waals surface area contributed by atoms with Crippen molar-refractivity contribution < 1.29 is 14.3 Å². The number of rotatable bonds is 9. The molecule has 3 amide bonds. The molecule has 0 bridgehead atoms. The van der Waals surface area contributed by atoms with E-state index in [4.69, 9.17) is 16.3 Å². The molecule has 0 spiro atoms. The summed E-state index contributed by atoms with van der Waals surface area (Å²) in [4.78, 5) is 31.4. The average molecular weight is 512 g/mol. The van der Waals surface area contributed by atoms with Crippen LogP contribution in [-0.2, 0) is 22.6 Å². The minimum absolute atomic E-state index is 0.0382. The third kappa shape index (κ3) is 7.31. The van der Waals surface area contributed by atoms with Crippen LogP contribution in [0.15, 0.2) is 66.0 Å². The molecule has 3 aromatic rings. The highest BCUT2D eigenvalue weighted by atomic mass is 35.5. The summed E-state index contributed by atoms with van der Waals surface area (Å²) in [6, 6.07) is 18.6. The van der Waals surface area contributed by atoms with E-state index in [-0.39, 0.29) is 24.6 Å². The number of urea groups is 1. The smallest absolute Gasteiger partial charge is 0.322 e. The number of amides is 3. The summed E-state index contributed by atoms with van der Waals surface area (Å²) in [7, 11) is 0. The minimum Gasteiger partial charge on any atom is -0.376 e. The molecule has 1 unspecified atom stereocenters. The van der Waals surface area contributed by atoms with Gasteiger partial charge in [-0.1, -0.05) is 48.0 Å². The molecule has 2 heterocycles. The second-order valence-electron chi connectivity index (χ2n) is 8.72. The van der Waals surface area contributed by atoms with Gasteiger partial charge >= 0.3 is 6.03 Å². The predicted octanol–water partition coefficient (Wildman–Crippen LogP) is 5.95. The van der Waals surface area contributed by atoms with Gasteiger partial charge in [-0.05, 0) is 60.5 Å². The van der Waals surface area contributed by atoms with Crippen molar-refractivity contribution >= 4 is 40.6 Å². The summed E-state index contributed by atoms with van der Waals surface area (Å²) in [5.74, 6) is -0.110. The van der Waals surface area contributed by atoms with Gasteiger partial charge in [-0.15, -0.1) is 11.3 Å². The highest BCUT2D eigenvalue weighted by Crippen LogP contribution is 2.21. The second kappa shape index (κ2) is 12.2. The molecule has 0 saturated carbocycles. The maximum atomic E-state index is 13.6. The number of nitrogens with one attached hydrogen (secondary N) is 1. The van der Waals surface area contributed by atoms with E-state index >= 15 is 0 Å². The van der Waals surface area contributed by atoms with Crippen molar-refractivity contribution in [2.45, 2.75) is 39.0 Å². The van der Waals surface area contributed by atoms with Gasteiger partial charge < -0.3 is 19.9 Å². The molecule has 6 nitrogen and oxygen atoms in total. The molecule has 0 aliphatic carbocycles. The summed E-state index contributed by atoms with van der Waals surface area (Å²) < 4.78 is 5.78. The summed E-state index contributed by atoms with van der Waals surface area (Å²) in [5.41, 5.74) is 2.79. The zero-order valence-corrected chi connectivity index (χ0v) is 21.4. The van der Waals surface area contributed by atoms with Crippen LogP contribution in [0, 0.1) is 6.92 Å². The van der Waals surface area contributed by atoms with E-state index in [1.807, 2.05) is 40.6 Å². The SMILES string of the molecule is Cc1ccsc1CN(Cc1ccccc1)C(=O)CN(CC1CCCO1)C(=O)Nc1cccc(Cl)c1. The lowest BCUT2D eigenvalue weighted by Gasteiger charge is -2.29. The van der Waals surface area contributed by atoms with E-state index in [9.17, 15) is 9.59 Å². The van der Waals surface area contributed by atoms with E-state index in [2.05, 4.69) is 18.3 Å². The van der Waals surface area contributed by atoms with E-state index in [0.717, 1.165) is 28.8 Å². The number of benzene rings is 2. The molecule has 1 aromatic heterocycles. The van der Waals surface area contributed by atoms with Gasteiger partial charge in [-0.25, -0.2) is 4.79 Å². The fourth-order valence-corrected chi connectivity index (χ4v) is 5.17. The van der Waals surface area contributed by atoms with Crippen molar-refractivity contribution in [2.24, 2.45) is 0 Å². The lowest BCUT2D eigenvalue weighted by molar-refractivity contribution is -0.133. The fraction of sp³-hybridized carbons (Fsp3) is 0.333. The van der Waals surface area contributed by atoms with Crippen LogP contribution in [0.3, 0.4) is 0 Å². The summed E-state index contributed by atoms with van der Waals surface area (Å²) in [5, 5.41) is 5.46. The molecule has 2 aromatic carbocycles. The Morgan fingerprint density at radius 1 is 1.09 bits per heavy atom. The van der Waals surface area contributed by atoms with E-state index in [1.54, 1.807) is 40.5 Å². The lowest BCUT2D eigenvalue weighted by atomic mass is 10.2. The number of halogens is 1. The molecule has 0 radical (unpaired) electrons. The molecular formula is C27H30ClN3O3S. The van der Waals surface area contributed by atoms with Crippen molar-refractivity contribution in [2.75, 3.05) is 25.0 Å². The number of ether oxygens (including phenoxy) is 1. The number of anilines is 1. The molecule has 184 valence electrons. The monoisotopic (exact) mass is 511 g/mol. The number of aryl methyl sites for hydroxylation is 1. The largest absolute Gasteiger partial charge is 0.376 e. The Balaban J connectivity index is 1.52. The molecule has 4 rings (SSSR count). The first-order valence-corrected chi connectivity index (χ1v) is 13.0. The number of hydrogen-bond acceptors (Lipinski definition) is 4. The van der Waals surface area contributed by atoms with Crippen LogP contribution in [0.1, 0.15) is 28.8 Å². The summed E-state index contributed by atoms with van der Waals surface area (Å²) >= 11 is 7.72. The second-order valence-corrected chi connectivity index (χ2v) is 10.2. The number of thiophene rings is 1. The average Bonchev–Trinajstić information content (AvgIpc) is 3.50. The normalized spacial score (nSPS) is 15.1. The molecule has 1 N–H and O–H groups in total. The standard InChI is InChI=1S/C27H30ClN3O3S/c1-20-12-14-35-25(20)18-30(16-21-7-3-2-4-8-21)26(32)19-31(17-24-11-6-13-34-24)27(33)29-23-10-5-9-22(28)15-23/h2-5,7-10,12,14-15,24H,6,11,13,16-19H2,1H3,(H,29,33). The van der Waals surface area contributed by atoms with Crippen molar-refractivity contribution in [3.63, 3.8) is 0 Å². The van der Waals surface area contributed by atoms with E-state index in [1.165, 1.54) is 0 Å². The van der Waals surface area contributed by atoms with Gasteiger partial charge in [0, 0.05) is 35.3 Å². The van der Waals surface area contributed by atoms with Crippen LogP contribution in [0.5, 0.6) is 0 Å². The van der Waals surface area contributed by atoms with Gasteiger partial charge in [0.15, 0.2) is 0 Å². The first-order chi connectivity index (χ1) is 17.0. The zero-order valence-electron chi connectivity index (χ0n) is 19.8. The Morgan fingerprint density at radius 3 is 2.60 bits per heavy atom. The van der Waals surface area contributed by atoms with Gasteiger partial charge in [0.05, 0.1) is 12.6 Å². The van der Waals surface area contributed by atoms with Crippen LogP contribution in [0.25, 0.3) is 0 Å². The van der Waals surface area contributed by atoms with Gasteiger partial charge in [-0.3, -0.25) is 4.79 Å². The highest BCUT2D eigenvalue weighted by Gasteiger charge is 2.27. The van der Waals surface area contributed by atoms with E-state index in [0.29, 0.717) is 37.0 Å². The Hall–Kier alpha value is -2.87. The van der Waals surface area contributed by atoms with Gasteiger partial charge in [0.2, 0.25) is 5.91 Å². The van der Waals surface area contributed by atoms with Crippen LogP contribution in [0.2, 0.25) is 5.02 Å². The highest BCUT2D eigenvalue weighted by molar-refractivity contribution is 7.10. The first-order valence-electron chi connectivity index (χ1n) is 11.8. The minimum atomic E-state index is -0.344. The fourth-order valence-electron chi connectivity index (χ4n) is 4.06. The van der Waals surface area contributed by atoms with Crippen molar-refractivity contribution in [3.05, 3.63) is 87.1 Å². The number of carbonyl (C=O) groups is 2. The quantitative estimate of drug-likeness (QED) is 0.386. The third-order valence-electron chi connectivity index (χ3n) is 6.01. The first kappa shape index (κ1) is 25.2. The summed E-state index contributed by atoms with van der Waals surface area (Å²) in [6.45, 7) is 4.03. The van der Waals surface area contributed by atoms with Crippen molar-refractivity contribution in [1.29, 1.82) is 0 Å². The van der Waals surface area contributed by atoms with Crippen molar-refractivity contribution in [1.82, 2.24) is 9.80 Å². The van der Waals surface area contributed by atoms with Gasteiger partial charge in [-0.2, -0.15) is 0 Å². The Kier molecular flexibility index (Phi) is 8.79. The number of carbonyl (C=O) groups excluding carboxylic acids is 2. The predicted molar refractivity (Wildman–Crippen MR) is 141 cm³/mol. The van der Waals surface area contributed by atoms with Crippen LogP contribution in [-0.4, -0.2) is 47.5 Å². The summed E-state index contributed by atoms with van der Waals surface area (Å²) in [6.07, 6.45) is 1.76. The molecular weight excluding hydrogens is 482 g/mol. The van der Waals surface area contributed by atoms with E-state index < -0.39 is 0 Å². The molecule has 35 heavy (non-hydrogen) atoms. The van der Waals surface area contributed by atoms with Crippen molar-refractivity contribution in [3.8, 4) is 0 Å². The molecule has 1 fully saturated rings. The Bertz CT molecular complexity index is 1130. The Labute approximate surface area is 215 Å². The molecule has 1 atom stereocenters. The van der Waals surface area contributed by atoms with Gasteiger partial charge in [0.25, 0.3) is 0 Å². The lowest BCUT2D eigenvalue weighted by Crippen LogP contribution is -2.46. The maximum Gasteiger partial charge on any atom is 0.322 e. The Morgan fingerprint density at radius 2 is 1.91 bits per heavy atom.